The van der Waals surface area contributed by atoms with E-state index in [-0.39, 0.29) is 12.3 Å². The minimum absolute atomic E-state index is 0.127. The summed E-state index contributed by atoms with van der Waals surface area (Å²) in [5.74, 6) is 0.341. The normalized spacial score (nSPS) is 10.8. The molecule has 1 N–H and O–H groups in total. The van der Waals surface area contributed by atoms with Gasteiger partial charge in [-0.15, -0.1) is 0 Å². The lowest BCUT2D eigenvalue weighted by atomic mass is 10.2. The molecule has 0 saturated carbocycles. The Morgan fingerprint density at radius 1 is 1.07 bits per heavy atom. The molecule has 0 aliphatic carbocycles. The molecule has 0 bridgehead atoms. The second-order valence-electron chi connectivity index (χ2n) is 6.59. The predicted octanol–water partition coefficient (Wildman–Crippen LogP) is 4.33. The van der Waals surface area contributed by atoms with Crippen LogP contribution < -0.4 is 5.32 Å². The lowest BCUT2D eigenvalue weighted by Crippen LogP contribution is -2.16. The SMILES string of the molecule is Cc1cc(C)n(-c2ccccc2NC(=O)Cc2coc(-c3ccccc3)n2)n1. The highest BCUT2D eigenvalue weighted by Gasteiger charge is 2.14. The van der Waals surface area contributed by atoms with Gasteiger partial charge in [0.1, 0.15) is 6.26 Å². The van der Waals surface area contributed by atoms with Crippen LogP contribution in [0.1, 0.15) is 17.1 Å². The number of aryl methyl sites for hydroxylation is 2. The third-order valence-corrected chi connectivity index (χ3v) is 4.33. The highest BCUT2D eigenvalue weighted by atomic mass is 16.3. The maximum absolute atomic E-state index is 12.6. The van der Waals surface area contributed by atoms with Crippen LogP contribution in [0.3, 0.4) is 0 Å². The van der Waals surface area contributed by atoms with Crippen molar-refractivity contribution in [1.82, 2.24) is 14.8 Å². The number of aromatic nitrogens is 3. The zero-order valence-electron chi connectivity index (χ0n) is 15.7. The average Bonchev–Trinajstić information content (AvgIpc) is 3.29. The first-order valence-electron chi connectivity index (χ1n) is 9.02. The van der Waals surface area contributed by atoms with E-state index in [9.17, 15) is 4.79 Å². The molecule has 0 radical (unpaired) electrons. The van der Waals surface area contributed by atoms with Gasteiger partial charge >= 0.3 is 0 Å². The summed E-state index contributed by atoms with van der Waals surface area (Å²) < 4.78 is 7.34. The molecule has 0 spiro atoms. The lowest BCUT2D eigenvalue weighted by Gasteiger charge is -2.12. The molecule has 4 aromatic rings. The van der Waals surface area contributed by atoms with Crippen molar-refractivity contribution in [3.8, 4) is 17.1 Å². The number of benzene rings is 2. The number of nitrogens with zero attached hydrogens (tertiary/aromatic N) is 3. The maximum atomic E-state index is 12.6. The van der Waals surface area contributed by atoms with Gasteiger partial charge in [-0.2, -0.15) is 5.10 Å². The molecule has 0 fully saturated rings. The van der Waals surface area contributed by atoms with Gasteiger partial charge in [-0.3, -0.25) is 4.79 Å². The van der Waals surface area contributed by atoms with Crippen LogP contribution in [0.15, 0.2) is 71.3 Å². The Morgan fingerprint density at radius 3 is 2.57 bits per heavy atom. The fourth-order valence-corrected chi connectivity index (χ4v) is 3.10. The van der Waals surface area contributed by atoms with Crippen LogP contribution in [0.2, 0.25) is 0 Å². The summed E-state index contributed by atoms with van der Waals surface area (Å²) in [6.07, 6.45) is 1.65. The van der Waals surface area contributed by atoms with Crippen LogP contribution in [-0.2, 0) is 11.2 Å². The van der Waals surface area contributed by atoms with Gasteiger partial charge in [0.2, 0.25) is 11.8 Å². The van der Waals surface area contributed by atoms with Gasteiger partial charge in [-0.05, 0) is 44.2 Å². The Kier molecular flexibility index (Phi) is 4.76. The fraction of sp³-hybridized carbons (Fsp3) is 0.136. The topological polar surface area (TPSA) is 73.0 Å². The molecular weight excluding hydrogens is 352 g/mol. The summed E-state index contributed by atoms with van der Waals surface area (Å²) in [7, 11) is 0. The van der Waals surface area contributed by atoms with Gasteiger partial charge in [0.05, 0.1) is 29.2 Å². The van der Waals surface area contributed by atoms with Gasteiger partial charge in [0, 0.05) is 11.3 Å². The van der Waals surface area contributed by atoms with Crippen molar-refractivity contribution in [2.24, 2.45) is 0 Å². The second-order valence-corrected chi connectivity index (χ2v) is 6.59. The smallest absolute Gasteiger partial charge is 0.230 e. The molecule has 6 nitrogen and oxygen atoms in total. The number of oxazole rings is 1. The van der Waals surface area contributed by atoms with Crippen LogP contribution in [0.25, 0.3) is 17.1 Å². The summed E-state index contributed by atoms with van der Waals surface area (Å²) in [6, 6.07) is 19.2. The number of hydrogen-bond acceptors (Lipinski definition) is 4. The Labute approximate surface area is 162 Å². The van der Waals surface area contributed by atoms with Gasteiger partial charge in [0.25, 0.3) is 0 Å². The van der Waals surface area contributed by atoms with Crippen molar-refractivity contribution < 1.29 is 9.21 Å². The van der Waals surface area contributed by atoms with Gasteiger partial charge in [0.15, 0.2) is 0 Å². The Bertz CT molecular complexity index is 1110. The first-order valence-corrected chi connectivity index (χ1v) is 9.02. The van der Waals surface area contributed by atoms with Crippen LogP contribution in [0, 0.1) is 13.8 Å². The van der Waals surface area contributed by atoms with Crippen LogP contribution in [-0.4, -0.2) is 20.7 Å². The maximum Gasteiger partial charge on any atom is 0.230 e. The average molecular weight is 372 g/mol. The van der Waals surface area contributed by atoms with E-state index >= 15 is 0 Å². The molecule has 0 aliphatic heterocycles. The summed E-state index contributed by atoms with van der Waals surface area (Å²) in [6.45, 7) is 3.93. The molecule has 2 aromatic heterocycles. The van der Waals surface area contributed by atoms with Gasteiger partial charge in [-0.25, -0.2) is 9.67 Å². The minimum atomic E-state index is -0.165. The third-order valence-electron chi connectivity index (χ3n) is 4.33. The molecule has 0 aliphatic rings. The third kappa shape index (κ3) is 3.71. The van der Waals surface area contributed by atoms with E-state index in [2.05, 4.69) is 15.4 Å². The van der Waals surface area contributed by atoms with Crippen molar-refractivity contribution in [3.05, 3.63) is 84.0 Å². The van der Waals surface area contributed by atoms with Crippen molar-refractivity contribution in [1.29, 1.82) is 0 Å². The minimum Gasteiger partial charge on any atom is -0.444 e. The zero-order chi connectivity index (χ0) is 19.5. The molecule has 28 heavy (non-hydrogen) atoms. The molecule has 2 aromatic carbocycles. The molecule has 6 heteroatoms. The first kappa shape index (κ1) is 17.7. The Balaban J connectivity index is 1.51. The number of hydrogen-bond donors (Lipinski definition) is 1. The Morgan fingerprint density at radius 2 is 1.82 bits per heavy atom. The fourth-order valence-electron chi connectivity index (χ4n) is 3.10. The van der Waals surface area contributed by atoms with Crippen molar-refractivity contribution in [2.75, 3.05) is 5.32 Å². The molecule has 0 atom stereocenters. The summed E-state index contributed by atoms with van der Waals surface area (Å²) >= 11 is 0. The lowest BCUT2D eigenvalue weighted by molar-refractivity contribution is -0.115. The summed E-state index contributed by atoms with van der Waals surface area (Å²) in [5.41, 5.74) is 4.92. The first-order chi connectivity index (χ1) is 13.6. The largest absolute Gasteiger partial charge is 0.444 e. The number of para-hydroxylation sites is 2. The molecular formula is C22H20N4O2. The Hall–Kier alpha value is -3.67. The zero-order valence-corrected chi connectivity index (χ0v) is 15.7. The van der Waals surface area contributed by atoms with Crippen LogP contribution in [0.5, 0.6) is 0 Å². The van der Waals surface area contributed by atoms with E-state index < -0.39 is 0 Å². The van der Waals surface area contributed by atoms with Gasteiger partial charge in [-0.1, -0.05) is 30.3 Å². The van der Waals surface area contributed by atoms with Gasteiger partial charge < -0.3 is 9.73 Å². The van der Waals surface area contributed by atoms with E-state index in [4.69, 9.17) is 4.42 Å². The van der Waals surface area contributed by atoms with E-state index in [1.54, 1.807) is 0 Å². The molecule has 0 saturated heterocycles. The molecule has 1 amide bonds. The highest BCUT2D eigenvalue weighted by Crippen LogP contribution is 2.22. The van der Waals surface area contributed by atoms with E-state index in [0.717, 1.165) is 22.6 Å². The number of amides is 1. The monoisotopic (exact) mass is 372 g/mol. The predicted molar refractivity (Wildman–Crippen MR) is 107 cm³/mol. The van der Waals surface area contributed by atoms with E-state index in [1.807, 2.05) is 79.2 Å². The molecule has 0 unspecified atom stereocenters. The quantitative estimate of drug-likeness (QED) is 0.566. The molecule has 4 rings (SSSR count). The second kappa shape index (κ2) is 7.52. The molecule has 140 valence electrons. The number of anilines is 1. The summed E-state index contributed by atoms with van der Waals surface area (Å²) in [4.78, 5) is 17.0. The number of rotatable bonds is 5. The van der Waals surface area contributed by atoms with Crippen LogP contribution in [0.4, 0.5) is 5.69 Å². The van der Waals surface area contributed by atoms with E-state index in [1.165, 1.54) is 6.26 Å². The number of carbonyl (C=O) groups is 1. The number of nitrogens with one attached hydrogen (secondary N) is 1. The van der Waals surface area contributed by atoms with Crippen LogP contribution >= 0.6 is 0 Å². The van der Waals surface area contributed by atoms with E-state index in [0.29, 0.717) is 17.3 Å². The van der Waals surface area contributed by atoms with Crippen molar-refractivity contribution >= 4 is 11.6 Å². The van der Waals surface area contributed by atoms with Crippen molar-refractivity contribution in [2.45, 2.75) is 20.3 Å². The summed E-state index contributed by atoms with van der Waals surface area (Å²) in [5, 5.41) is 7.47. The standard InChI is InChI=1S/C22H20N4O2/c1-15-12-16(2)26(25-15)20-11-7-6-10-19(20)24-21(27)13-18-14-28-22(23-18)17-8-4-3-5-9-17/h3-12,14H,13H2,1-2H3,(H,24,27). The molecule has 2 heterocycles. The highest BCUT2D eigenvalue weighted by molar-refractivity contribution is 5.94. The number of carbonyl (C=O) groups excluding carboxylic acids is 1. The van der Waals surface area contributed by atoms with Crippen molar-refractivity contribution in [3.63, 3.8) is 0 Å².